The third-order valence-corrected chi connectivity index (χ3v) is 5.36. The van der Waals surface area contributed by atoms with Crippen molar-refractivity contribution in [3.05, 3.63) is 29.8 Å². The summed E-state index contributed by atoms with van der Waals surface area (Å²) in [5.74, 6) is 2.57. The average molecular weight is 486 g/mol. The molecule has 1 fully saturated rings. The number of rotatable bonds is 5. The molecule has 1 aromatic rings. The van der Waals surface area contributed by atoms with Gasteiger partial charge in [-0.15, -0.1) is 24.0 Å². The molecule has 3 rings (SSSR count). The summed E-state index contributed by atoms with van der Waals surface area (Å²) in [5, 5.41) is 7.08. The first-order valence-electron chi connectivity index (χ1n) is 10.1. The highest BCUT2D eigenvalue weighted by Gasteiger charge is 2.34. The van der Waals surface area contributed by atoms with Gasteiger partial charge >= 0.3 is 0 Å². The zero-order valence-corrected chi connectivity index (χ0v) is 19.5. The molecule has 2 aliphatic heterocycles. The van der Waals surface area contributed by atoms with Crippen molar-refractivity contribution >= 4 is 29.9 Å². The van der Waals surface area contributed by atoms with Crippen LogP contribution in [0.25, 0.3) is 0 Å². The molecule has 5 nitrogen and oxygen atoms in total. The number of likely N-dealkylation sites (tertiary alicyclic amines) is 1. The molecular weight excluding hydrogens is 451 g/mol. The number of fused-ring (bicyclic) bond motifs is 1. The minimum Gasteiger partial charge on any atom is -0.487 e. The van der Waals surface area contributed by atoms with Crippen LogP contribution in [0.1, 0.15) is 52.1 Å². The van der Waals surface area contributed by atoms with Gasteiger partial charge in [-0.05, 0) is 52.3 Å². The number of hydrogen-bond acceptors (Lipinski definition) is 3. The monoisotopic (exact) mass is 486 g/mol. The zero-order valence-electron chi connectivity index (χ0n) is 17.1. The summed E-state index contributed by atoms with van der Waals surface area (Å²) in [6, 6.07) is 8.55. The molecule has 0 amide bonds. The van der Waals surface area contributed by atoms with Gasteiger partial charge in [0.1, 0.15) is 11.4 Å². The highest BCUT2D eigenvalue weighted by atomic mass is 127. The number of hydrogen-bond donors (Lipinski definition) is 2. The summed E-state index contributed by atoms with van der Waals surface area (Å²) in [6.45, 7) is 13.9. The van der Waals surface area contributed by atoms with Crippen LogP contribution in [0.3, 0.4) is 0 Å². The lowest BCUT2D eigenvalue weighted by Crippen LogP contribution is -2.45. The van der Waals surface area contributed by atoms with Gasteiger partial charge in [-0.2, -0.15) is 0 Å². The van der Waals surface area contributed by atoms with Crippen LogP contribution in [0.5, 0.6) is 5.75 Å². The summed E-state index contributed by atoms with van der Waals surface area (Å²) in [7, 11) is 0. The van der Waals surface area contributed by atoms with Crippen molar-refractivity contribution in [3.63, 3.8) is 0 Å². The first-order chi connectivity index (χ1) is 12.5. The molecule has 1 saturated heterocycles. The Morgan fingerprint density at radius 3 is 2.78 bits per heavy atom. The van der Waals surface area contributed by atoms with Crippen molar-refractivity contribution < 1.29 is 4.74 Å². The number of nitrogens with one attached hydrogen (secondary N) is 2. The molecule has 0 aliphatic carbocycles. The van der Waals surface area contributed by atoms with E-state index in [1.165, 1.54) is 25.1 Å². The minimum absolute atomic E-state index is 0. The van der Waals surface area contributed by atoms with E-state index in [0.717, 1.165) is 37.8 Å². The van der Waals surface area contributed by atoms with E-state index in [0.29, 0.717) is 5.92 Å². The summed E-state index contributed by atoms with van der Waals surface area (Å²) in [4.78, 5) is 7.42. The molecule has 152 valence electrons. The first-order valence-corrected chi connectivity index (χ1v) is 10.1. The predicted molar refractivity (Wildman–Crippen MR) is 123 cm³/mol. The molecule has 0 spiro atoms. The lowest BCUT2D eigenvalue weighted by molar-refractivity contribution is 0.0694. The van der Waals surface area contributed by atoms with Crippen LogP contribution < -0.4 is 15.4 Å². The summed E-state index contributed by atoms with van der Waals surface area (Å²) >= 11 is 0. The van der Waals surface area contributed by atoms with Gasteiger partial charge in [-0.25, -0.2) is 0 Å². The van der Waals surface area contributed by atoms with Crippen molar-refractivity contribution in [1.82, 2.24) is 15.5 Å². The quantitative estimate of drug-likeness (QED) is 0.378. The SMILES string of the molecule is CCNC(=NCC1CCN(CC)C1)NC1CC(C)(C)Oc2ccccc21.I. The van der Waals surface area contributed by atoms with E-state index in [-0.39, 0.29) is 35.6 Å². The van der Waals surface area contributed by atoms with Crippen LogP contribution in [0.2, 0.25) is 0 Å². The predicted octanol–water partition coefficient (Wildman–Crippen LogP) is 3.80. The number of halogens is 1. The fourth-order valence-corrected chi connectivity index (χ4v) is 3.99. The van der Waals surface area contributed by atoms with Crippen LogP contribution in [-0.2, 0) is 0 Å². The van der Waals surface area contributed by atoms with Gasteiger partial charge in [-0.3, -0.25) is 4.99 Å². The molecule has 2 N–H and O–H groups in total. The normalized spacial score (nSPS) is 24.5. The Kier molecular flexibility index (Phi) is 8.21. The highest BCUT2D eigenvalue weighted by Crippen LogP contribution is 2.39. The summed E-state index contributed by atoms with van der Waals surface area (Å²) in [5.41, 5.74) is 1.03. The average Bonchev–Trinajstić information content (AvgIpc) is 3.07. The van der Waals surface area contributed by atoms with Crippen molar-refractivity contribution in [3.8, 4) is 5.75 Å². The van der Waals surface area contributed by atoms with E-state index in [2.05, 4.69) is 61.4 Å². The van der Waals surface area contributed by atoms with Crippen molar-refractivity contribution in [2.24, 2.45) is 10.9 Å². The Labute approximate surface area is 181 Å². The second-order valence-corrected chi connectivity index (χ2v) is 8.07. The third-order valence-electron chi connectivity index (χ3n) is 5.36. The number of aliphatic imine (C=N–C) groups is 1. The third kappa shape index (κ3) is 5.98. The lowest BCUT2D eigenvalue weighted by Gasteiger charge is -2.38. The minimum atomic E-state index is -0.184. The van der Waals surface area contributed by atoms with Gasteiger partial charge in [0.2, 0.25) is 0 Å². The number of guanidine groups is 1. The summed E-state index contributed by atoms with van der Waals surface area (Å²) < 4.78 is 6.15. The van der Waals surface area contributed by atoms with E-state index < -0.39 is 0 Å². The van der Waals surface area contributed by atoms with Crippen molar-refractivity contribution in [2.45, 2.75) is 52.2 Å². The number of para-hydroxylation sites is 1. The Hall–Kier alpha value is -1.02. The maximum absolute atomic E-state index is 6.15. The Balaban J connectivity index is 0.00000261. The van der Waals surface area contributed by atoms with Gasteiger partial charge < -0.3 is 20.3 Å². The fraction of sp³-hybridized carbons (Fsp3) is 0.667. The van der Waals surface area contributed by atoms with E-state index in [4.69, 9.17) is 9.73 Å². The van der Waals surface area contributed by atoms with Gasteiger partial charge in [0.05, 0.1) is 6.04 Å². The molecular formula is C21H35IN4O. The molecule has 2 heterocycles. The Morgan fingerprint density at radius 1 is 1.30 bits per heavy atom. The first kappa shape index (κ1) is 22.3. The molecule has 2 aliphatic rings. The van der Waals surface area contributed by atoms with Gasteiger partial charge in [0.25, 0.3) is 0 Å². The van der Waals surface area contributed by atoms with Crippen LogP contribution in [-0.4, -0.2) is 49.2 Å². The second kappa shape index (κ2) is 9.96. The Morgan fingerprint density at radius 2 is 2.07 bits per heavy atom. The van der Waals surface area contributed by atoms with Crippen LogP contribution >= 0.6 is 24.0 Å². The van der Waals surface area contributed by atoms with E-state index in [1.807, 2.05) is 6.07 Å². The molecule has 1 aromatic carbocycles. The maximum Gasteiger partial charge on any atom is 0.191 e. The lowest BCUT2D eigenvalue weighted by atomic mass is 9.90. The highest BCUT2D eigenvalue weighted by molar-refractivity contribution is 14.0. The maximum atomic E-state index is 6.15. The second-order valence-electron chi connectivity index (χ2n) is 8.07. The fourth-order valence-electron chi connectivity index (χ4n) is 3.99. The standard InChI is InChI=1S/C21H34N4O.HI/c1-5-22-20(23-14-16-11-12-25(6-2)15-16)24-18-13-21(3,4)26-19-10-8-7-9-17(18)19;/h7-10,16,18H,5-6,11-15H2,1-4H3,(H2,22,23,24);1H. The molecule has 2 atom stereocenters. The summed E-state index contributed by atoms with van der Waals surface area (Å²) in [6.07, 6.45) is 2.17. The number of nitrogens with zero attached hydrogens (tertiary/aromatic N) is 2. The molecule has 0 radical (unpaired) electrons. The van der Waals surface area contributed by atoms with Crippen LogP contribution in [0.15, 0.2) is 29.3 Å². The van der Waals surface area contributed by atoms with Crippen LogP contribution in [0.4, 0.5) is 0 Å². The molecule has 27 heavy (non-hydrogen) atoms. The molecule has 6 heteroatoms. The zero-order chi connectivity index (χ0) is 18.6. The van der Waals surface area contributed by atoms with Crippen molar-refractivity contribution in [1.29, 1.82) is 0 Å². The topological polar surface area (TPSA) is 48.9 Å². The van der Waals surface area contributed by atoms with Crippen molar-refractivity contribution in [2.75, 3.05) is 32.7 Å². The van der Waals surface area contributed by atoms with E-state index >= 15 is 0 Å². The molecule has 2 unspecified atom stereocenters. The molecule has 0 aromatic heterocycles. The number of benzene rings is 1. The van der Waals surface area contributed by atoms with Gasteiger partial charge in [0, 0.05) is 31.6 Å². The smallest absolute Gasteiger partial charge is 0.191 e. The van der Waals surface area contributed by atoms with Gasteiger partial charge in [-0.1, -0.05) is 25.1 Å². The largest absolute Gasteiger partial charge is 0.487 e. The number of ether oxygens (including phenoxy) is 1. The molecule has 0 saturated carbocycles. The molecule has 0 bridgehead atoms. The van der Waals surface area contributed by atoms with Crippen LogP contribution in [0, 0.1) is 5.92 Å². The van der Waals surface area contributed by atoms with E-state index in [9.17, 15) is 0 Å². The Bertz CT molecular complexity index is 634. The van der Waals surface area contributed by atoms with Gasteiger partial charge in [0.15, 0.2) is 5.96 Å². The van der Waals surface area contributed by atoms with E-state index in [1.54, 1.807) is 0 Å².